The molecule has 0 saturated carbocycles. The Bertz CT molecular complexity index is 649. The number of aromatic nitrogens is 1. The topological polar surface area (TPSA) is 54.0 Å². The van der Waals surface area contributed by atoms with Gasteiger partial charge in [0.25, 0.3) is 5.91 Å². The second kappa shape index (κ2) is 7.43. The summed E-state index contributed by atoms with van der Waals surface area (Å²) >= 11 is 9.44. The lowest BCUT2D eigenvalue weighted by molar-refractivity contribution is 0.102. The van der Waals surface area contributed by atoms with Crippen molar-refractivity contribution in [3.63, 3.8) is 0 Å². The molecule has 0 fully saturated rings. The Hall–Kier alpha value is -1.59. The van der Waals surface area contributed by atoms with E-state index in [2.05, 4.69) is 38.5 Å². The lowest BCUT2D eigenvalue weighted by Gasteiger charge is -2.12. The minimum atomic E-state index is -0.245. The van der Waals surface area contributed by atoms with Crippen LogP contribution in [0.3, 0.4) is 0 Å². The average molecular weight is 369 g/mol. The molecule has 6 heteroatoms. The van der Waals surface area contributed by atoms with Crippen LogP contribution in [0.4, 0.5) is 11.4 Å². The first-order valence-electron chi connectivity index (χ1n) is 6.56. The monoisotopic (exact) mass is 367 g/mol. The van der Waals surface area contributed by atoms with Crippen LogP contribution in [0.2, 0.25) is 5.02 Å². The first kappa shape index (κ1) is 15.8. The van der Waals surface area contributed by atoms with E-state index in [1.807, 2.05) is 6.07 Å². The van der Waals surface area contributed by atoms with E-state index in [4.69, 9.17) is 11.6 Å². The Labute approximate surface area is 137 Å². The minimum Gasteiger partial charge on any atom is -0.384 e. The van der Waals surface area contributed by atoms with E-state index in [0.29, 0.717) is 16.3 Å². The van der Waals surface area contributed by atoms with Crippen LogP contribution in [-0.2, 0) is 0 Å². The number of rotatable bonds is 5. The molecule has 110 valence electrons. The first-order valence-corrected chi connectivity index (χ1v) is 7.73. The van der Waals surface area contributed by atoms with E-state index >= 15 is 0 Å². The van der Waals surface area contributed by atoms with Crippen molar-refractivity contribution in [1.82, 2.24) is 4.98 Å². The van der Waals surface area contributed by atoms with Gasteiger partial charge in [-0.25, -0.2) is 0 Å². The van der Waals surface area contributed by atoms with Gasteiger partial charge in [-0.2, -0.15) is 0 Å². The van der Waals surface area contributed by atoms with Gasteiger partial charge in [-0.15, -0.1) is 0 Å². The fourth-order valence-corrected chi connectivity index (χ4v) is 2.49. The van der Waals surface area contributed by atoms with Gasteiger partial charge in [-0.1, -0.05) is 34.5 Å². The summed E-state index contributed by atoms with van der Waals surface area (Å²) in [6.07, 6.45) is 4.17. The van der Waals surface area contributed by atoms with Crippen molar-refractivity contribution in [1.29, 1.82) is 0 Å². The first-order chi connectivity index (χ1) is 10.1. The zero-order chi connectivity index (χ0) is 15.2. The molecular weight excluding hydrogens is 354 g/mol. The molecule has 4 nitrogen and oxygen atoms in total. The summed E-state index contributed by atoms with van der Waals surface area (Å²) in [5.74, 6) is -0.245. The maximum absolute atomic E-state index is 12.4. The quantitative estimate of drug-likeness (QED) is 0.812. The molecule has 0 spiro atoms. The van der Waals surface area contributed by atoms with Gasteiger partial charge in [0, 0.05) is 23.4 Å². The standard InChI is InChI=1S/C15H15BrClN3O/c1-2-6-19-13-5-7-18-9-11(13)15(21)20-14-4-3-10(16)8-12(14)17/h3-5,7-9H,2,6H2,1H3,(H,18,19)(H,20,21). The van der Waals surface area contributed by atoms with Crippen LogP contribution < -0.4 is 10.6 Å². The van der Waals surface area contributed by atoms with Crippen LogP contribution >= 0.6 is 27.5 Å². The highest BCUT2D eigenvalue weighted by molar-refractivity contribution is 9.10. The summed E-state index contributed by atoms with van der Waals surface area (Å²) in [5, 5.41) is 6.49. The highest BCUT2D eigenvalue weighted by Crippen LogP contribution is 2.26. The van der Waals surface area contributed by atoms with Gasteiger partial charge in [0.15, 0.2) is 0 Å². The van der Waals surface area contributed by atoms with Gasteiger partial charge in [0.1, 0.15) is 0 Å². The van der Waals surface area contributed by atoms with Crippen LogP contribution in [0, 0.1) is 0 Å². The highest BCUT2D eigenvalue weighted by atomic mass is 79.9. The van der Waals surface area contributed by atoms with E-state index in [9.17, 15) is 4.79 Å². The molecule has 2 aromatic rings. The summed E-state index contributed by atoms with van der Waals surface area (Å²) in [6.45, 7) is 2.86. The predicted molar refractivity (Wildman–Crippen MR) is 90.1 cm³/mol. The normalized spacial score (nSPS) is 10.2. The molecule has 0 aliphatic rings. The molecular formula is C15H15BrClN3O. The Balaban J connectivity index is 2.20. The number of carbonyl (C=O) groups excluding carboxylic acids is 1. The second-order valence-corrected chi connectivity index (χ2v) is 5.75. The Morgan fingerprint density at radius 2 is 2.14 bits per heavy atom. The van der Waals surface area contributed by atoms with Crippen LogP contribution in [-0.4, -0.2) is 17.4 Å². The zero-order valence-corrected chi connectivity index (χ0v) is 13.8. The maximum Gasteiger partial charge on any atom is 0.259 e. The van der Waals surface area contributed by atoms with Crippen molar-refractivity contribution in [3.05, 3.63) is 51.7 Å². The smallest absolute Gasteiger partial charge is 0.259 e. The SMILES string of the molecule is CCCNc1ccncc1C(=O)Nc1ccc(Br)cc1Cl. The van der Waals surface area contributed by atoms with E-state index in [1.54, 1.807) is 30.6 Å². The third-order valence-corrected chi connectivity index (χ3v) is 3.62. The number of carbonyl (C=O) groups is 1. The summed E-state index contributed by atoms with van der Waals surface area (Å²) in [7, 11) is 0. The molecule has 0 bridgehead atoms. The summed E-state index contributed by atoms with van der Waals surface area (Å²) in [4.78, 5) is 16.4. The summed E-state index contributed by atoms with van der Waals surface area (Å²) < 4.78 is 0.858. The highest BCUT2D eigenvalue weighted by Gasteiger charge is 2.13. The van der Waals surface area contributed by atoms with Crippen molar-refractivity contribution >= 4 is 44.8 Å². The Morgan fingerprint density at radius 1 is 1.33 bits per heavy atom. The molecule has 1 aromatic heterocycles. The van der Waals surface area contributed by atoms with E-state index < -0.39 is 0 Å². The van der Waals surface area contributed by atoms with Gasteiger partial charge in [-0.05, 0) is 30.7 Å². The van der Waals surface area contributed by atoms with Crippen LogP contribution in [0.25, 0.3) is 0 Å². The lowest BCUT2D eigenvalue weighted by Crippen LogP contribution is -2.15. The predicted octanol–water partition coefficient (Wildman–Crippen LogP) is 4.57. The van der Waals surface area contributed by atoms with Gasteiger partial charge in [0.2, 0.25) is 0 Å². The Kier molecular flexibility index (Phi) is 5.59. The molecule has 1 heterocycles. The van der Waals surface area contributed by atoms with E-state index in [0.717, 1.165) is 23.1 Å². The van der Waals surface area contributed by atoms with E-state index in [1.165, 1.54) is 0 Å². The maximum atomic E-state index is 12.4. The van der Waals surface area contributed by atoms with E-state index in [-0.39, 0.29) is 5.91 Å². The number of halogens is 2. The largest absolute Gasteiger partial charge is 0.384 e. The van der Waals surface area contributed by atoms with Gasteiger partial charge < -0.3 is 10.6 Å². The molecule has 1 amide bonds. The van der Waals surface area contributed by atoms with Gasteiger partial charge in [0.05, 0.1) is 22.0 Å². The van der Waals surface area contributed by atoms with Crippen molar-refractivity contribution in [2.45, 2.75) is 13.3 Å². The zero-order valence-electron chi connectivity index (χ0n) is 11.5. The number of pyridine rings is 1. The number of nitrogens with zero attached hydrogens (tertiary/aromatic N) is 1. The van der Waals surface area contributed by atoms with Crippen molar-refractivity contribution in [2.75, 3.05) is 17.2 Å². The summed E-state index contributed by atoms with van der Waals surface area (Å²) in [6, 6.07) is 7.09. The van der Waals surface area contributed by atoms with Crippen LogP contribution in [0.15, 0.2) is 41.1 Å². The molecule has 21 heavy (non-hydrogen) atoms. The molecule has 0 saturated heterocycles. The molecule has 2 rings (SSSR count). The molecule has 0 radical (unpaired) electrons. The molecule has 0 unspecified atom stereocenters. The third kappa shape index (κ3) is 4.19. The van der Waals surface area contributed by atoms with Crippen molar-refractivity contribution in [3.8, 4) is 0 Å². The van der Waals surface area contributed by atoms with Crippen LogP contribution in [0.5, 0.6) is 0 Å². The number of hydrogen-bond acceptors (Lipinski definition) is 3. The van der Waals surface area contributed by atoms with Crippen LogP contribution in [0.1, 0.15) is 23.7 Å². The average Bonchev–Trinajstić information content (AvgIpc) is 2.48. The van der Waals surface area contributed by atoms with Gasteiger partial charge >= 0.3 is 0 Å². The van der Waals surface area contributed by atoms with Crippen molar-refractivity contribution < 1.29 is 4.79 Å². The summed E-state index contributed by atoms with van der Waals surface area (Å²) in [5.41, 5.74) is 1.82. The Morgan fingerprint density at radius 3 is 2.86 bits per heavy atom. The number of anilines is 2. The number of nitrogens with one attached hydrogen (secondary N) is 2. The molecule has 2 N–H and O–H groups in total. The fraction of sp³-hybridized carbons (Fsp3) is 0.200. The van der Waals surface area contributed by atoms with Gasteiger partial charge in [-0.3, -0.25) is 9.78 Å². The molecule has 0 aliphatic heterocycles. The molecule has 0 atom stereocenters. The number of benzene rings is 1. The lowest BCUT2D eigenvalue weighted by atomic mass is 10.2. The third-order valence-electron chi connectivity index (χ3n) is 2.81. The number of hydrogen-bond donors (Lipinski definition) is 2. The molecule has 1 aromatic carbocycles. The second-order valence-electron chi connectivity index (χ2n) is 4.43. The van der Waals surface area contributed by atoms with Crippen molar-refractivity contribution in [2.24, 2.45) is 0 Å². The molecule has 0 aliphatic carbocycles. The fourth-order valence-electron chi connectivity index (χ4n) is 1.77. The minimum absolute atomic E-state index is 0.245. The number of amides is 1.